The predicted molar refractivity (Wildman–Crippen MR) is 56.9 cm³/mol. The molecular weight excluding hydrogens is 132 g/mol. The van der Waals surface area contributed by atoms with Gasteiger partial charge in [-0.15, -0.1) is 6.58 Å². The van der Waals surface area contributed by atoms with Crippen molar-refractivity contribution < 1.29 is 0 Å². The van der Waals surface area contributed by atoms with Crippen LogP contribution >= 0.6 is 0 Å². The summed E-state index contributed by atoms with van der Waals surface area (Å²) in [6.07, 6.45) is 8.34. The van der Waals surface area contributed by atoms with Crippen LogP contribution in [0.25, 0.3) is 0 Å². The van der Waals surface area contributed by atoms with Gasteiger partial charge in [0, 0.05) is 0 Å². The van der Waals surface area contributed by atoms with Crippen LogP contribution in [-0.4, -0.2) is 0 Å². The molecule has 0 atom stereocenters. The summed E-state index contributed by atoms with van der Waals surface area (Å²) in [5, 5.41) is 0. The number of hydrogen-bond acceptors (Lipinski definition) is 0. The van der Waals surface area contributed by atoms with E-state index in [1.165, 1.54) is 6.42 Å². The molecule has 11 heavy (non-hydrogen) atoms. The van der Waals surface area contributed by atoms with E-state index in [1.54, 1.807) is 6.08 Å². The largest absolute Gasteiger partial charge is 0.103 e. The molecule has 0 nitrogen and oxygen atoms in total. The molecule has 0 spiro atoms. The van der Waals surface area contributed by atoms with E-state index in [0.29, 0.717) is 0 Å². The molecule has 0 fully saturated rings. The molecule has 0 saturated heterocycles. The highest BCUT2D eigenvalue weighted by Gasteiger charge is 1.52. The van der Waals surface area contributed by atoms with Gasteiger partial charge < -0.3 is 0 Å². The minimum atomic E-state index is 1.16. The molecule has 0 aromatic heterocycles. The fourth-order valence-electron chi connectivity index (χ4n) is 0.236. The second-order valence-corrected chi connectivity index (χ2v) is 2.09. The maximum absolute atomic E-state index is 3.36. The molecule has 0 bridgehead atoms. The van der Waals surface area contributed by atoms with Crippen LogP contribution in [0, 0.1) is 0 Å². The summed E-state index contributed by atoms with van der Waals surface area (Å²) < 4.78 is 0. The smallest absolute Gasteiger partial charge is 0.0379 e. The van der Waals surface area contributed by atoms with Gasteiger partial charge in [0.25, 0.3) is 0 Å². The summed E-state index contributed by atoms with van der Waals surface area (Å²) in [5.74, 6) is 0. The van der Waals surface area contributed by atoms with Crippen molar-refractivity contribution >= 4 is 0 Å². The molecule has 0 aromatic rings. The predicted octanol–water partition coefficient (Wildman–Crippen LogP) is 4.58. The molecule has 0 unspecified atom stereocenters. The highest BCUT2D eigenvalue weighted by atomic mass is 13.6. The van der Waals surface area contributed by atoms with Gasteiger partial charge in [-0.25, -0.2) is 0 Å². The maximum atomic E-state index is 3.36. The average Bonchev–Trinajstić information content (AvgIpc) is 1.92. The highest BCUT2D eigenvalue weighted by Crippen LogP contribution is 1.73. The Morgan fingerprint density at radius 1 is 1.09 bits per heavy atom. The Balaban J connectivity index is -0.0000000933. The van der Waals surface area contributed by atoms with Gasteiger partial charge in [0.05, 0.1) is 0 Å². The number of rotatable bonds is 1. The lowest BCUT2D eigenvalue weighted by molar-refractivity contribution is 1.09. The highest BCUT2D eigenvalue weighted by molar-refractivity contribution is 4.73. The van der Waals surface area contributed by atoms with Crippen LogP contribution in [0.4, 0.5) is 0 Å². The van der Waals surface area contributed by atoms with E-state index in [2.05, 4.69) is 39.5 Å². The fraction of sp³-hybridized carbons (Fsp3) is 0.636. The van der Waals surface area contributed by atoms with Crippen LogP contribution in [0.15, 0.2) is 24.8 Å². The number of allylic oxidation sites excluding steroid dienone is 3. The van der Waals surface area contributed by atoms with Crippen LogP contribution in [-0.2, 0) is 0 Å². The molecule has 0 aromatic carbocycles. The summed E-state index contributed by atoms with van der Waals surface area (Å²) >= 11 is 0. The van der Waals surface area contributed by atoms with Gasteiger partial charge in [-0.05, 0) is 20.3 Å². The summed E-state index contributed by atoms with van der Waals surface area (Å²) in [5.41, 5.74) is 0. The molecule has 0 saturated carbocycles. The summed E-state index contributed by atoms with van der Waals surface area (Å²) in [6.45, 7) is 13.7. The fourth-order valence-corrected chi connectivity index (χ4v) is 0.236. The van der Waals surface area contributed by atoms with Crippen LogP contribution < -0.4 is 0 Å². The zero-order chi connectivity index (χ0) is 9.54. The van der Waals surface area contributed by atoms with E-state index in [4.69, 9.17) is 0 Å². The minimum absolute atomic E-state index is 1.16. The Morgan fingerprint density at radius 2 is 1.36 bits per heavy atom. The second-order valence-electron chi connectivity index (χ2n) is 2.09. The quantitative estimate of drug-likeness (QED) is 0.487. The molecule has 0 radical (unpaired) electrons. The van der Waals surface area contributed by atoms with Crippen molar-refractivity contribution in [1.29, 1.82) is 0 Å². The van der Waals surface area contributed by atoms with Crippen molar-refractivity contribution in [2.24, 2.45) is 0 Å². The van der Waals surface area contributed by atoms with Crippen molar-refractivity contribution in [3.63, 3.8) is 0 Å². The standard InChI is InChI=1S/C5H10.C3H8.C3H6/c1-3-5-4-2;2*1-3-2/h3,5H,4H2,1-2H3;3H2,1-2H3;3H,1H2,2H3/b5-3-;;. The molecule has 68 valence electrons. The third-order valence-corrected chi connectivity index (χ3v) is 0.471. The average molecular weight is 156 g/mol. The van der Waals surface area contributed by atoms with Crippen molar-refractivity contribution in [3.05, 3.63) is 24.8 Å². The van der Waals surface area contributed by atoms with Gasteiger partial charge in [0.2, 0.25) is 0 Å². The molecule has 0 aliphatic rings. The first kappa shape index (κ1) is 16.8. The van der Waals surface area contributed by atoms with Gasteiger partial charge in [-0.1, -0.05) is 45.4 Å². The topological polar surface area (TPSA) is 0 Å². The zero-order valence-electron chi connectivity index (χ0n) is 8.85. The van der Waals surface area contributed by atoms with Crippen LogP contribution in [0.2, 0.25) is 0 Å². The number of hydrogen-bond donors (Lipinski definition) is 0. The van der Waals surface area contributed by atoms with Crippen molar-refractivity contribution in [3.8, 4) is 0 Å². The summed E-state index contributed by atoms with van der Waals surface area (Å²) in [6, 6.07) is 0. The minimum Gasteiger partial charge on any atom is -0.103 e. The SMILES string of the molecule is C/C=C\CC.C=CC.CCC. The lowest BCUT2D eigenvalue weighted by Gasteiger charge is -1.65. The first-order valence-corrected chi connectivity index (χ1v) is 4.43. The molecule has 0 amide bonds. The summed E-state index contributed by atoms with van der Waals surface area (Å²) in [7, 11) is 0. The van der Waals surface area contributed by atoms with E-state index in [9.17, 15) is 0 Å². The lowest BCUT2D eigenvalue weighted by Crippen LogP contribution is -1.43. The van der Waals surface area contributed by atoms with E-state index in [-0.39, 0.29) is 0 Å². The van der Waals surface area contributed by atoms with Crippen molar-refractivity contribution in [1.82, 2.24) is 0 Å². The molecular formula is C11H24. The normalized spacial score (nSPS) is 7.36. The molecule has 0 aliphatic heterocycles. The second kappa shape index (κ2) is 34.0. The first-order chi connectivity index (χ1) is 5.24. The van der Waals surface area contributed by atoms with Crippen LogP contribution in [0.3, 0.4) is 0 Å². The van der Waals surface area contributed by atoms with Crippen molar-refractivity contribution in [2.45, 2.75) is 47.5 Å². The van der Waals surface area contributed by atoms with Gasteiger partial charge >= 0.3 is 0 Å². The molecule has 0 aliphatic carbocycles. The lowest BCUT2D eigenvalue weighted by atomic mass is 10.4. The summed E-state index contributed by atoms with van der Waals surface area (Å²) in [4.78, 5) is 0. The molecule has 0 rings (SSSR count). The molecule has 0 heteroatoms. The van der Waals surface area contributed by atoms with E-state index < -0.39 is 0 Å². The van der Waals surface area contributed by atoms with Crippen molar-refractivity contribution in [2.75, 3.05) is 0 Å². The first-order valence-electron chi connectivity index (χ1n) is 4.43. The van der Waals surface area contributed by atoms with Gasteiger partial charge in [0.1, 0.15) is 0 Å². The van der Waals surface area contributed by atoms with Gasteiger partial charge in [-0.2, -0.15) is 0 Å². The Morgan fingerprint density at radius 3 is 1.36 bits per heavy atom. The van der Waals surface area contributed by atoms with Crippen LogP contribution in [0.5, 0.6) is 0 Å². The third kappa shape index (κ3) is 242. The molecule has 0 N–H and O–H groups in total. The van der Waals surface area contributed by atoms with E-state index in [1.807, 2.05) is 13.8 Å². The Bertz CT molecular complexity index is 60.4. The zero-order valence-corrected chi connectivity index (χ0v) is 8.85. The van der Waals surface area contributed by atoms with E-state index >= 15 is 0 Å². The van der Waals surface area contributed by atoms with Gasteiger partial charge in [-0.3, -0.25) is 0 Å². The maximum Gasteiger partial charge on any atom is -0.0379 e. The Labute approximate surface area is 73.0 Å². The Kier molecular flexibility index (Phi) is 52.0. The Hall–Kier alpha value is -0.520. The molecule has 0 heterocycles. The third-order valence-electron chi connectivity index (χ3n) is 0.471. The van der Waals surface area contributed by atoms with Crippen LogP contribution in [0.1, 0.15) is 47.5 Å². The van der Waals surface area contributed by atoms with Gasteiger partial charge in [0.15, 0.2) is 0 Å². The monoisotopic (exact) mass is 156 g/mol. The van der Waals surface area contributed by atoms with E-state index in [0.717, 1.165) is 6.42 Å².